The van der Waals surface area contributed by atoms with Crippen LogP contribution in [0.2, 0.25) is 0 Å². The molecular formula is C16H24N2O6. The van der Waals surface area contributed by atoms with Crippen molar-refractivity contribution in [1.29, 1.82) is 0 Å². The Morgan fingerprint density at radius 2 is 1.67 bits per heavy atom. The van der Waals surface area contributed by atoms with E-state index in [4.69, 9.17) is 9.57 Å². The van der Waals surface area contributed by atoms with Crippen molar-refractivity contribution in [2.75, 3.05) is 0 Å². The summed E-state index contributed by atoms with van der Waals surface area (Å²) in [7, 11) is 0. The Morgan fingerprint density at radius 1 is 1.12 bits per heavy atom. The number of alkyl carbamates (subject to hydrolysis) is 1. The molecule has 0 aromatic rings. The Morgan fingerprint density at radius 3 is 2.17 bits per heavy atom. The summed E-state index contributed by atoms with van der Waals surface area (Å²) in [6.45, 7) is 5.16. The first kappa shape index (κ1) is 18.2. The van der Waals surface area contributed by atoms with Crippen LogP contribution >= 0.6 is 0 Å². The fourth-order valence-corrected chi connectivity index (χ4v) is 2.90. The van der Waals surface area contributed by atoms with Gasteiger partial charge in [0, 0.05) is 12.8 Å². The molecule has 3 amide bonds. The van der Waals surface area contributed by atoms with E-state index < -0.39 is 35.5 Å². The Balaban J connectivity index is 2.04. The molecule has 0 aromatic heterocycles. The first-order valence-electron chi connectivity index (χ1n) is 8.24. The zero-order valence-corrected chi connectivity index (χ0v) is 14.3. The monoisotopic (exact) mass is 340 g/mol. The van der Waals surface area contributed by atoms with Crippen LogP contribution in [0.1, 0.15) is 59.3 Å². The minimum absolute atomic E-state index is 0.0275. The van der Waals surface area contributed by atoms with Crippen LogP contribution in [0.15, 0.2) is 0 Å². The molecule has 8 nitrogen and oxygen atoms in total. The van der Waals surface area contributed by atoms with Gasteiger partial charge in [-0.2, -0.15) is 0 Å². The highest BCUT2D eigenvalue weighted by Gasteiger charge is 2.39. The molecule has 0 radical (unpaired) electrons. The largest absolute Gasteiger partial charge is 0.444 e. The summed E-state index contributed by atoms with van der Waals surface area (Å²) in [5, 5.41) is 3.03. The van der Waals surface area contributed by atoms with Crippen LogP contribution in [0.5, 0.6) is 0 Å². The van der Waals surface area contributed by atoms with Crippen LogP contribution in [-0.2, 0) is 24.0 Å². The third kappa shape index (κ3) is 4.69. The van der Waals surface area contributed by atoms with Gasteiger partial charge in [-0.3, -0.25) is 9.59 Å². The topological polar surface area (TPSA) is 102 Å². The maximum atomic E-state index is 12.4. The Labute approximate surface area is 140 Å². The molecule has 8 heteroatoms. The fraction of sp³-hybridized carbons (Fsp3) is 0.750. The van der Waals surface area contributed by atoms with Gasteiger partial charge in [0.1, 0.15) is 11.6 Å². The van der Waals surface area contributed by atoms with Gasteiger partial charge in [0.2, 0.25) is 0 Å². The summed E-state index contributed by atoms with van der Waals surface area (Å²) < 4.78 is 5.18. The van der Waals surface area contributed by atoms with Crippen molar-refractivity contribution in [2.45, 2.75) is 70.9 Å². The van der Waals surface area contributed by atoms with Crippen molar-refractivity contribution in [3.05, 3.63) is 0 Å². The number of hydrogen-bond acceptors (Lipinski definition) is 6. The van der Waals surface area contributed by atoms with Crippen molar-refractivity contribution in [2.24, 2.45) is 5.92 Å². The highest BCUT2D eigenvalue weighted by Crippen LogP contribution is 2.29. The second-order valence-corrected chi connectivity index (χ2v) is 7.16. The van der Waals surface area contributed by atoms with Crippen molar-refractivity contribution < 1.29 is 28.8 Å². The lowest BCUT2D eigenvalue weighted by Crippen LogP contribution is -2.50. The molecule has 1 aliphatic heterocycles. The average molecular weight is 340 g/mol. The van der Waals surface area contributed by atoms with Crippen molar-refractivity contribution >= 4 is 23.9 Å². The minimum Gasteiger partial charge on any atom is -0.444 e. The molecule has 2 rings (SSSR count). The third-order valence-corrected chi connectivity index (χ3v) is 3.98. The fourth-order valence-electron chi connectivity index (χ4n) is 2.90. The van der Waals surface area contributed by atoms with Crippen LogP contribution in [0.4, 0.5) is 4.79 Å². The highest BCUT2D eigenvalue weighted by atomic mass is 16.7. The standard InChI is InChI=1S/C16H24N2O6/c1-16(2,3)23-15(22)17-13(10-6-4-5-7-10)14(21)24-18-11(19)8-9-12(18)20/h10,13H,4-9H2,1-3H3,(H,17,22). The number of imide groups is 1. The number of hydrogen-bond donors (Lipinski definition) is 1. The van der Waals surface area contributed by atoms with Crippen LogP contribution in [0.3, 0.4) is 0 Å². The quantitative estimate of drug-likeness (QED) is 0.781. The molecule has 24 heavy (non-hydrogen) atoms. The number of carbonyl (C=O) groups is 4. The third-order valence-electron chi connectivity index (χ3n) is 3.98. The van der Waals surface area contributed by atoms with E-state index in [1.807, 2.05) is 0 Å². The number of ether oxygens (including phenoxy) is 1. The van der Waals surface area contributed by atoms with Crippen molar-refractivity contribution in [3.63, 3.8) is 0 Å². The molecular weight excluding hydrogens is 316 g/mol. The average Bonchev–Trinajstić information content (AvgIpc) is 3.08. The normalized spacial score (nSPS) is 20.2. The van der Waals surface area contributed by atoms with Crippen LogP contribution in [-0.4, -0.2) is 40.6 Å². The van der Waals surface area contributed by atoms with E-state index in [-0.39, 0.29) is 18.8 Å². The maximum Gasteiger partial charge on any atom is 0.408 e. The van der Waals surface area contributed by atoms with E-state index in [0.717, 1.165) is 25.7 Å². The van der Waals surface area contributed by atoms with E-state index in [9.17, 15) is 19.2 Å². The molecule has 1 atom stereocenters. The van der Waals surface area contributed by atoms with E-state index >= 15 is 0 Å². The van der Waals surface area contributed by atoms with Crippen molar-refractivity contribution in [1.82, 2.24) is 10.4 Å². The van der Waals surface area contributed by atoms with Gasteiger partial charge in [0.15, 0.2) is 0 Å². The van der Waals surface area contributed by atoms with Gasteiger partial charge in [0.05, 0.1) is 0 Å². The Bertz CT molecular complexity index is 517. The highest BCUT2D eigenvalue weighted by molar-refractivity contribution is 6.01. The molecule has 0 spiro atoms. The van der Waals surface area contributed by atoms with Crippen molar-refractivity contribution in [3.8, 4) is 0 Å². The van der Waals surface area contributed by atoms with E-state index in [0.29, 0.717) is 5.06 Å². The van der Waals surface area contributed by atoms with Gasteiger partial charge in [-0.15, -0.1) is 5.06 Å². The zero-order chi connectivity index (χ0) is 17.9. The van der Waals surface area contributed by atoms with Gasteiger partial charge in [0.25, 0.3) is 11.8 Å². The summed E-state index contributed by atoms with van der Waals surface area (Å²) in [6.07, 6.45) is 2.75. The van der Waals surface area contributed by atoms with E-state index in [1.165, 1.54) is 0 Å². The number of rotatable bonds is 4. The first-order chi connectivity index (χ1) is 11.2. The van der Waals surface area contributed by atoms with E-state index in [2.05, 4.69) is 5.32 Å². The number of amides is 3. The summed E-state index contributed by atoms with van der Waals surface area (Å²) in [5.41, 5.74) is -0.699. The zero-order valence-electron chi connectivity index (χ0n) is 14.3. The number of nitrogens with one attached hydrogen (secondary N) is 1. The summed E-state index contributed by atoms with van der Waals surface area (Å²) >= 11 is 0. The molecule has 1 heterocycles. The Hall–Kier alpha value is -2.12. The molecule has 1 N–H and O–H groups in total. The molecule has 0 bridgehead atoms. The van der Waals surface area contributed by atoms with Crippen LogP contribution < -0.4 is 5.32 Å². The SMILES string of the molecule is CC(C)(C)OC(=O)NC(C(=O)ON1C(=O)CCC1=O)C1CCCC1. The first-order valence-corrected chi connectivity index (χ1v) is 8.24. The summed E-state index contributed by atoms with van der Waals surface area (Å²) in [4.78, 5) is 52.6. The molecule has 1 unspecified atom stereocenters. The van der Waals surface area contributed by atoms with Gasteiger partial charge < -0.3 is 14.9 Å². The predicted molar refractivity (Wildman–Crippen MR) is 82.3 cm³/mol. The molecule has 2 aliphatic rings. The molecule has 1 saturated carbocycles. The molecule has 134 valence electrons. The van der Waals surface area contributed by atoms with Gasteiger partial charge in [-0.1, -0.05) is 12.8 Å². The second-order valence-electron chi connectivity index (χ2n) is 7.16. The lowest BCUT2D eigenvalue weighted by Gasteiger charge is -2.26. The van der Waals surface area contributed by atoms with E-state index in [1.54, 1.807) is 20.8 Å². The summed E-state index contributed by atoms with van der Waals surface area (Å²) in [6, 6.07) is -0.941. The molecule has 1 saturated heterocycles. The Kier molecular flexibility index (Phi) is 5.46. The lowest BCUT2D eigenvalue weighted by molar-refractivity contribution is -0.199. The summed E-state index contributed by atoms with van der Waals surface area (Å²) in [5.74, 6) is -2.00. The minimum atomic E-state index is -0.941. The smallest absolute Gasteiger partial charge is 0.408 e. The van der Waals surface area contributed by atoms with Crippen LogP contribution in [0.25, 0.3) is 0 Å². The van der Waals surface area contributed by atoms with Gasteiger partial charge >= 0.3 is 12.1 Å². The number of nitrogens with zero attached hydrogens (tertiary/aromatic N) is 1. The molecule has 1 aliphatic carbocycles. The van der Waals surface area contributed by atoms with Crippen LogP contribution in [0, 0.1) is 5.92 Å². The predicted octanol–water partition coefficient (Wildman–Crippen LogP) is 1.68. The molecule has 0 aromatic carbocycles. The van der Waals surface area contributed by atoms with Gasteiger partial charge in [-0.25, -0.2) is 9.59 Å². The second kappa shape index (κ2) is 7.19. The molecule has 2 fully saturated rings. The lowest BCUT2D eigenvalue weighted by atomic mass is 9.98. The van der Waals surface area contributed by atoms with Gasteiger partial charge in [-0.05, 0) is 39.5 Å². The number of hydroxylamine groups is 2. The maximum absolute atomic E-state index is 12.4. The number of carbonyl (C=O) groups excluding carboxylic acids is 4.